The van der Waals surface area contributed by atoms with Crippen molar-refractivity contribution >= 4 is 5.71 Å². The lowest BCUT2D eigenvalue weighted by molar-refractivity contribution is 0.303. The van der Waals surface area contributed by atoms with Crippen molar-refractivity contribution in [1.29, 1.82) is 0 Å². The van der Waals surface area contributed by atoms with E-state index in [0.717, 1.165) is 37.0 Å². The van der Waals surface area contributed by atoms with Gasteiger partial charge in [0.05, 0.1) is 5.71 Å². The Morgan fingerprint density at radius 3 is 2.52 bits per heavy atom. The van der Waals surface area contributed by atoms with E-state index < -0.39 is 0 Å². The van der Waals surface area contributed by atoms with Crippen LogP contribution >= 0.6 is 0 Å². The predicted octanol–water partition coefficient (Wildman–Crippen LogP) is 4.05. The third-order valence-electron chi connectivity index (χ3n) is 4.70. The molecule has 0 saturated heterocycles. The Balaban J connectivity index is 1.95. The van der Waals surface area contributed by atoms with Crippen molar-refractivity contribution in [2.45, 2.75) is 31.6 Å². The highest BCUT2D eigenvalue weighted by Gasteiger charge is 2.33. The van der Waals surface area contributed by atoms with Gasteiger partial charge in [-0.25, -0.2) is 0 Å². The molecule has 1 aliphatic carbocycles. The highest BCUT2D eigenvalue weighted by atomic mass is 16.4. The molecule has 1 aliphatic rings. The van der Waals surface area contributed by atoms with Crippen molar-refractivity contribution < 1.29 is 15.4 Å². The van der Waals surface area contributed by atoms with Crippen molar-refractivity contribution in [2.24, 2.45) is 11.1 Å². The number of phenolic OH excluding ortho intramolecular Hbond substituents is 2. The summed E-state index contributed by atoms with van der Waals surface area (Å²) in [7, 11) is 0. The smallest absolute Gasteiger partial charge is 0.122 e. The molecule has 2 aromatic rings. The Labute approximate surface area is 135 Å². The lowest BCUT2D eigenvalue weighted by Crippen LogP contribution is -2.29. The van der Waals surface area contributed by atoms with Crippen LogP contribution in [0.25, 0.3) is 0 Å². The van der Waals surface area contributed by atoms with Crippen LogP contribution in [0, 0.1) is 5.92 Å². The number of benzene rings is 2. The van der Waals surface area contributed by atoms with Gasteiger partial charge in [0, 0.05) is 12.0 Å². The third-order valence-corrected chi connectivity index (χ3v) is 4.70. The summed E-state index contributed by atoms with van der Waals surface area (Å²) in [6.45, 7) is 0. The number of hydrogen-bond donors (Lipinski definition) is 3. The molecule has 120 valence electrons. The second kappa shape index (κ2) is 6.73. The molecule has 0 heterocycles. The molecule has 1 saturated carbocycles. The van der Waals surface area contributed by atoms with E-state index in [0.29, 0.717) is 0 Å². The van der Waals surface area contributed by atoms with Gasteiger partial charge in [0.2, 0.25) is 0 Å². The van der Waals surface area contributed by atoms with Gasteiger partial charge in [0.1, 0.15) is 11.5 Å². The van der Waals surface area contributed by atoms with Crippen molar-refractivity contribution in [3.05, 3.63) is 59.7 Å². The van der Waals surface area contributed by atoms with Gasteiger partial charge < -0.3 is 15.4 Å². The minimum atomic E-state index is 0.0478. The van der Waals surface area contributed by atoms with Gasteiger partial charge in [0.25, 0.3) is 0 Å². The first kappa shape index (κ1) is 15.4. The molecule has 23 heavy (non-hydrogen) atoms. The normalized spacial score (nSPS) is 23.0. The average Bonchev–Trinajstić information content (AvgIpc) is 2.56. The quantitative estimate of drug-likeness (QED) is 0.591. The zero-order valence-electron chi connectivity index (χ0n) is 12.9. The summed E-state index contributed by atoms with van der Waals surface area (Å²) in [5.41, 5.74) is 2.78. The Morgan fingerprint density at radius 2 is 1.83 bits per heavy atom. The van der Waals surface area contributed by atoms with E-state index in [4.69, 9.17) is 0 Å². The molecule has 0 aliphatic heterocycles. The number of aromatic hydroxyl groups is 2. The standard InChI is InChI=1S/C19H21NO3/c21-14-9-10-16(19(22)12-14)15-7-4-8-18(20-23)17(15)11-13-5-2-1-3-6-13/h1-3,5-6,9-10,12,15,17,21-23H,4,7-8,11H2/b20-18+. The number of phenols is 2. The molecule has 0 bridgehead atoms. The molecule has 4 heteroatoms. The largest absolute Gasteiger partial charge is 0.508 e. The number of nitrogens with zero attached hydrogens (tertiary/aromatic N) is 1. The lowest BCUT2D eigenvalue weighted by atomic mass is 9.71. The maximum Gasteiger partial charge on any atom is 0.122 e. The van der Waals surface area contributed by atoms with Gasteiger partial charge in [-0.3, -0.25) is 0 Å². The van der Waals surface area contributed by atoms with E-state index in [1.807, 2.05) is 18.2 Å². The van der Waals surface area contributed by atoms with Gasteiger partial charge in [-0.15, -0.1) is 0 Å². The summed E-state index contributed by atoms with van der Waals surface area (Å²) in [6, 6.07) is 14.9. The van der Waals surface area contributed by atoms with Gasteiger partial charge in [-0.05, 0) is 48.8 Å². The van der Waals surface area contributed by atoms with E-state index in [1.54, 1.807) is 12.1 Å². The Hall–Kier alpha value is -2.49. The van der Waals surface area contributed by atoms with Crippen molar-refractivity contribution in [3.63, 3.8) is 0 Å². The van der Waals surface area contributed by atoms with Crippen LogP contribution in [0.4, 0.5) is 0 Å². The Morgan fingerprint density at radius 1 is 1.04 bits per heavy atom. The van der Waals surface area contributed by atoms with Crippen LogP contribution in [-0.2, 0) is 6.42 Å². The molecular weight excluding hydrogens is 290 g/mol. The van der Waals surface area contributed by atoms with E-state index in [1.165, 1.54) is 11.6 Å². The van der Waals surface area contributed by atoms with Crippen LogP contribution < -0.4 is 0 Å². The molecule has 2 unspecified atom stereocenters. The summed E-state index contributed by atoms with van der Waals surface area (Å²) in [4.78, 5) is 0. The minimum Gasteiger partial charge on any atom is -0.508 e. The number of oxime groups is 1. The summed E-state index contributed by atoms with van der Waals surface area (Å²) < 4.78 is 0. The molecule has 0 amide bonds. The van der Waals surface area contributed by atoms with Crippen LogP contribution in [0.5, 0.6) is 11.5 Å². The molecule has 2 aromatic carbocycles. The SMILES string of the molecule is O/N=C1\CCCC(c2ccc(O)cc2O)C1Cc1ccccc1. The van der Waals surface area contributed by atoms with Gasteiger partial charge in [-0.1, -0.05) is 41.6 Å². The average molecular weight is 311 g/mol. The number of rotatable bonds is 3. The third kappa shape index (κ3) is 3.31. The minimum absolute atomic E-state index is 0.0478. The molecule has 0 aromatic heterocycles. The first-order valence-electron chi connectivity index (χ1n) is 7.95. The molecule has 2 atom stereocenters. The van der Waals surface area contributed by atoms with Crippen molar-refractivity contribution in [1.82, 2.24) is 0 Å². The second-order valence-corrected chi connectivity index (χ2v) is 6.13. The Bertz CT molecular complexity index is 697. The maximum absolute atomic E-state index is 10.2. The van der Waals surface area contributed by atoms with Gasteiger partial charge >= 0.3 is 0 Å². The van der Waals surface area contributed by atoms with Crippen LogP contribution in [0.2, 0.25) is 0 Å². The predicted molar refractivity (Wildman–Crippen MR) is 89.2 cm³/mol. The van der Waals surface area contributed by atoms with E-state index >= 15 is 0 Å². The van der Waals surface area contributed by atoms with Gasteiger partial charge in [-0.2, -0.15) is 0 Å². The second-order valence-electron chi connectivity index (χ2n) is 6.13. The van der Waals surface area contributed by atoms with Crippen LogP contribution in [0.15, 0.2) is 53.7 Å². The molecule has 0 radical (unpaired) electrons. The topological polar surface area (TPSA) is 73.1 Å². The summed E-state index contributed by atoms with van der Waals surface area (Å²) >= 11 is 0. The fourth-order valence-electron chi connectivity index (χ4n) is 3.59. The molecule has 0 spiro atoms. The Kier molecular flexibility index (Phi) is 4.51. The molecule has 3 rings (SSSR count). The van der Waals surface area contributed by atoms with Crippen molar-refractivity contribution in [2.75, 3.05) is 0 Å². The fraction of sp³-hybridized carbons (Fsp3) is 0.316. The first-order valence-corrected chi connectivity index (χ1v) is 7.95. The first-order chi connectivity index (χ1) is 11.2. The highest BCUT2D eigenvalue weighted by Crippen LogP contribution is 2.42. The van der Waals surface area contributed by atoms with Crippen LogP contribution in [0.1, 0.15) is 36.3 Å². The zero-order valence-corrected chi connectivity index (χ0v) is 12.9. The van der Waals surface area contributed by atoms with Crippen LogP contribution in [0.3, 0.4) is 0 Å². The summed E-state index contributed by atoms with van der Waals surface area (Å²) in [5, 5.41) is 32.7. The molecule has 1 fully saturated rings. The molecule has 3 N–H and O–H groups in total. The summed E-state index contributed by atoms with van der Waals surface area (Å²) in [5.74, 6) is 0.284. The fourth-order valence-corrected chi connectivity index (χ4v) is 3.59. The van der Waals surface area contributed by atoms with E-state index in [9.17, 15) is 15.4 Å². The van der Waals surface area contributed by atoms with Gasteiger partial charge in [0.15, 0.2) is 0 Å². The maximum atomic E-state index is 10.2. The lowest BCUT2D eigenvalue weighted by Gasteiger charge is -2.33. The molecule has 4 nitrogen and oxygen atoms in total. The van der Waals surface area contributed by atoms with Crippen molar-refractivity contribution in [3.8, 4) is 11.5 Å². The molecular formula is C19H21NO3. The van der Waals surface area contributed by atoms with Crippen LogP contribution in [-0.4, -0.2) is 21.1 Å². The highest BCUT2D eigenvalue weighted by molar-refractivity contribution is 5.88. The van der Waals surface area contributed by atoms with E-state index in [-0.39, 0.29) is 23.3 Å². The monoisotopic (exact) mass is 311 g/mol. The zero-order chi connectivity index (χ0) is 16.2. The summed E-state index contributed by atoms with van der Waals surface area (Å²) in [6.07, 6.45) is 3.40. The van der Waals surface area contributed by atoms with E-state index in [2.05, 4.69) is 17.3 Å². The number of hydrogen-bond acceptors (Lipinski definition) is 4.